The minimum atomic E-state index is -0.199. The molecule has 2 aliphatic rings. The zero-order valence-corrected chi connectivity index (χ0v) is 18.0. The molecule has 0 spiro atoms. The predicted octanol–water partition coefficient (Wildman–Crippen LogP) is 8.05. The Hall–Kier alpha value is -2.12. The number of hydrogen-bond acceptors (Lipinski definition) is 1. The van der Waals surface area contributed by atoms with Crippen LogP contribution in [-0.4, -0.2) is 5.60 Å². The van der Waals surface area contributed by atoms with E-state index in [2.05, 4.69) is 80.6 Å². The van der Waals surface area contributed by atoms with Gasteiger partial charge in [0, 0.05) is 0 Å². The molecule has 0 aromatic heterocycles. The van der Waals surface area contributed by atoms with Gasteiger partial charge in [0.05, 0.1) is 0 Å². The maximum Gasteiger partial charge on any atom is 0.112 e. The highest BCUT2D eigenvalue weighted by atomic mass is 16.5. The van der Waals surface area contributed by atoms with Gasteiger partial charge in [-0.3, -0.25) is 0 Å². The molecule has 0 unspecified atom stereocenters. The van der Waals surface area contributed by atoms with E-state index in [1.807, 2.05) is 0 Å². The molecule has 0 N–H and O–H groups in total. The minimum absolute atomic E-state index is 0.111. The summed E-state index contributed by atoms with van der Waals surface area (Å²) in [5.74, 6) is 0. The summed E-state index contributed by atoms with van der Waals surface area (Å²) < 4.78 is 7.15. The smallest absolute Gasteiger partial charge is 0.112 e. The van der Waals surface area contributed by atoms with Gasteiger partial charge in [-0.25, -0.2) is 0 Å². The van der Waals surface area contributed by atoms with Gasteiger partial charge in [0.2, 0.25) is 0 Å². The molecular weight excluding hydrogens is 352 g/mol. The third-order valence-corrected chi connectivity index (χ3v) is 6.52. The first-order valence-corrected chi connectivity index (χ1v) is 11.5. The quantitative estimate of drug-likeness (QED) is 0.437. The van der Waals surface area contributed by atoms with Crippen LogP contribution >= 0.6 is 0 Å². The summed E-state index contributed by atoms with van der Waals surface area (Å²) in [5.41, 5.74) is 7.05. The normalized spacial score (nSPS) is 24.6. The van der Waals surface area contributed by atoms with E-state index in [1.165, 1.54) is 42.4 Å². The van der Waals surface area contributed by atoms with Gasteiger partial charge in [0.25, 0.3) is 0 Å². The second-order valence-corrected chi connectivity index (χ2v) is 8.53. The molecule has 1 saturated carbocycles. The topological polar surface area (TPSA) is 9.23 Å². The van der Waals surface area contributed by atoms with E-state index < -0.39 is 0 Å². The lowest BCUT2D eigenvalue weighted by molar-refractivity contribution is -0.0233. The molecule has 0 bridgehead atoms. The van der Waals surface area contributed by atoms with Gasteiger partial charge >= 0.3 is 0 Å². The lowest BCUT2D eigenvalue weighted by atomic mass is 9.72. The predicted molar refractivity (Wildman–Crippen MR) is 123 cm³/mol. The molecule has 0 amide bonds. The third-order valence-electron chi connectivity index (χ3n) is 6.52. The fourth-order valence-corrected chi connectivity index (χ4v) is 5.30. The lowest BCUT2D eigenvalue weighted by Crippen LogP contribution is -2.36. The Balaban J connectivity index is 1.83. The zero-order valence-electron chi connectivity index (χ0n) is 18.0. The second-order valence-electron chi connectivity index (χ2n) is 8.53. The first kappa shape index (κ1) is 20.2. The molecule has 2 atom stereocenters. The zero-order chi connectivity index (χ0) is 20.1. The van der Waals surface area contributed by atoms with Gasteiger partial charge in [-0.1, -0.05) is 93.4 Å². The standard InChI is InChI=1S/C28H34O/c1-3-13-24(21-22-15-7-5-8-16-22)28-20-12-11-19-26(28)25(14-4-2)27(29-28)23-17-9-6-10-18-23/h5-10,15-18,21,27H,3-4,11-14,19-20H2,1-2H3/b24-21+/t27-,28-/m0/s1. The first-order chi connectivity index (χ1) is 14.3. The molecule has 4 rings (SSSR count). The molecule has 152 valence electrons. The van der Waals surface area contributed by atoms with Crippen molar-refractivity contribution in [1.82, 2.24) is 0 Å². The minimum Gasteiger partial charge on any atom is -0.354 e. The van der Waals surface area contributed by atoms with E-state index in [9.17, 15) is 0 Å². The van der Waals surface area contributed by atoms with E-state index in [0.29, 0.717) is 0 Å². The Bertz CT molecular complexity index is 862. The van der Waals surface area contributed by atoms with Crippen molar-refractivity contribution in [2.75, 3.05) is 0 Å². The molecule has 2 aromatic rings. The Morgan fingerprint density at radius 1 is 0.966 bits per heavy atom. The van der Waals surface area contributed by atoms with Crippen molar-refractivity contribution in [1.29, 1.82) is 0 Å². The summed E-state index contributed by atoms with van der Waals surface area (Å²) in [6.45, 7) is 4.59. The summed E-state index contributed by atoms with van der Waals surface area (Å²) in [7, 11) is 0. The first-order valence-electron chi connectivity index (χ1n) is 11.5. The summed E-state index contributed by atoms with van der Waals surface area (Å²) in [4.78, 5) is 0. The van der Waals surface area contributed by atoms with Crippen molar-refractivity contribution >= 4 is 6.08 Å². The van der Waals surface area contributed by atoms with Crippen LogP contribution < -0.4 is 0 Å². The SMILES string of the molecule is CCCC1=C2CCCC[C@@]2(/C(=C/c2ccccc2)CCC)O[C@H]1c1ccccc1. The van der Waals surface area contributed by atoms with E-state index in [0.717, 1.165) is 25.7 Å². The highest BCUT2D eigenvalue weighted by molar-refractivity contribution is 5.59. The van der Waals surface area contributed by atoms with E-state index in [1.54, 1.807) is 11.1 Å². The molecule has 0 radical (unpaired) electrons. The molecule has 1 heteroatoms. The third kappa shape index (κ3) is 3.98. The maximum absolute atomic E-state index is 7.15. The second kappa shape index (κ2) is 9.13. The average molecular weight is 387 g/mol. The van der Waals surface area contributed by atoms with Crippen molar-refractivity contribution in [3.05, 3.63) is 88.5 Å². The number of ether oxygens (including phenoxy) is 1. The highest BCUT2D eigenvalue weighted by Crippen LogP contribution is 2.56. The van der Waals surface area contributed by atoms with Crippen molar-refractivity contribution in [3.8, 4) is 0 Å². The molecule has 1 aliphatic heterocycles. The Labute approximate surface area is 176 Å². The molecule has 1 heterocycles. The molecule has 1 nitrogen and oxygen atoms in total. The van der Waals surface area contributed by atoms with Gasteiger partial charge in [-0.15, -0.1) is 0 Å². The number of hydrogen-bond donors (Lipinski definition) is 0. The summed E-state index contributed by atoms with van der Waals surface area (Å²) in [6, 6.07) is 21.7. The van der Waals surface area contributed by atoms with Crippen molar-refractivity contribution in [2.24, 2.45) is 0 Å². The van der Waals surface area contributed by atoms with Crippen LogP contribution in [0.15, 0.2) is 77.4 Å². The van der Waals surface area contributed by atoms with Gasteiger partial charge in [-0.05, 0) is 66.4 Å². The molecule has 29 heavy (non-hydrogen) atoms. The monoisotopic (exact) mass is 386 g/mol. The van der Waals surface area contributed by atoms with E-state index >= 15 is 0 Å². The van der Waals surface area contributed by atoms with E-state index in [-0.39, 0.29) is 11.7 Å². The van der Waals surface area contributed by atoms with Gasteiger partial charge in [-0.2, -0.15) is 0 Å². The van der Waals surface area contributed by atoms with Gasteiger partial charge < -0.3 is 4.74 Å². The molecule has 0 saturated heterocycles. The van der Waals surface area contributed by atoms with Crippen LogP contribution in [0.4, 0.5) is 0 Å². The average Bonchev–Trinajstić information content (AvgIpc) is 3.11. The summed E-state index contributed by atoms with van der Waals surface area (Å²) in [6.07, 6.45) is 11.9. The summed E-state index contributed by atoms with van der Waals surface area (Å²) in [5, 5.41) is 0. The van der Waals surface area contributed by atoms with Crippen LogP contribution in [0.1, 0.15) is 82.4 Å². The Kier molecular flexibility index (Phi) is 6.35. The molecule has 1 aliphatic carbocycles. The fraction of sp³-hybridized carbons (Fsp3) is 0.429. The Morgan fingerprint density at radius 2 is 1.69 bits per heavy atom. The van der Waals surface area contributed by atoms with Crippen LogP contribution in [0.5, 0.6) is 0 Å². The van der Waals surface area contributed by atoms with Crippen LogP contribution in [0.25, 0.3) is 6.08 Å². The fourth-order valence-electron chi connectivity index (χ4n) is 5.30. The van der Waals surface area contributed by atoms with Crippen molar-refractivity contribution < 1.29 is 4.74 Å². The van der Waals surface area contributed by atoms with Crippen LogP contribution in [0.2, 0.25) is 0 Å². The van der Waals surface area contributed by atoms with Crippen LogP contribution in [0, 0.1) is 0 Å². The van der Waals surface area contributed by atoms with E-state index in [4.69, 9.17) is 4.74 Å². The van der Waals surface area contributed by atoms with Crippen molar-refractivity contribution in [3.63, 3.8) is 0 Å². The largest absolute Gasteiger partial charge is 0.354 e. The molecular formula is C28H34O. The number of benzene rings is 2. The van der Waals surface area contributed by atoms with Crippen LogP contribution in [0.3, 0.4) is 0 Å². The highest BCUT2D eigenvalue weighted by Gasteiger charge is 2.49. The van der Waals surface area contributed by atoms with Crippen molar-refractivity contribution in [2.45, 2.75) is 76.9 Å². The van der Waals surface area contributed by atoms with Crippen LogP contribution in [-0.2, 0) is 4.74 Å². The van der Waals surface area contributed by atoms with Gasteiger partial charge in [0.1, 0.15) is 11.7 Å². The number of fused-ring (bicyclic) bond motifs is 1. The Morgan fingerprint density at radius 3 is 2.38 bits per heavy atom. The lowest BCUT2D eigenvalue weighted by Gasteiger charge is -2.39. The number of rotatable bonds is 7. The van der Waals surface area contributed by atoms with Gasteiger partial charge in [0.15, 0.2) is 0 Å². The summed E-state index contributed by atoms with van der Waals surface area (Å²) >= 11 is 0. The molecule has 1 fully saturated rings. The maximum atomic E-state index is 7.15. The molecule has 2 aromatic carbocycles.